The summed E-state index contributed by atoms with van der Waals surface area (Å²) in [7, 11) is 0. The molecule has 1 N–H and O–H groups in total. The number of para-hydroxylation sites is 1. The SMILES string of the molecule is CCNC1CCN(C(=O)CC2CCCO2)c2ccccc21. The molecule has 0 radical (unpaired) electrons. The van der Waals surface area contributed by atoms with Crippen LogP contribution in [0, 0.1) is 0 Å². The zero-order valence-corrected chi connectivity index (χ0v) is 12.7. The van der Waals surface area contributed by atoms with Gasteiger partial charge in [0.2, 0.25) is 5.91 Å². The van der Waals surface area contributed by atoms with Gasteiger partial charge in [-0.25, -0.2) is 0 Å². The summed E-state index contributed by atoms with van der Waals surface area (Å²) < 4.78 is 5.60. The Hall–Kier alpha value is -1.39. The van der Waals surface area contributed by atoms with E-state index in [1.54, 1.807) is 0 Å². The fourth-order valence-electron chi connectivity index (χ4n) is 3.39. The third kappa shape index (κ3) is 3.11. The van der Waals surface area contributed by atoms with E-state index in [1.807, 2.05) is 11.0 Å². The Morgan fingerprint density at radius 1 is 1.38 bits per heavy atom. The number of fused-ring (bicyclic) bond motifs is 1. The molecule has 114 valence electrons. The molecule has 4 nitrogen and oxygen atoms in total. The zero-order chi connectivity index (χ0) is 14.7. The van der Waals surface area contributed by atoms with E-state index in [0.717, 1.165) is 44.6 Å². The molecule has 0 spiro atoms. The second-order valence-corrected chi connectivity index (χ2v) is 5.84. The molecule has 0 bridgehead atoms. The van der Waals surface area contributed by atoms with E-state index in [2.05, 4.69) is 30.4 Å². The fraction of sp³-hybridized carbons (Fsp3) is 0.588. The minimum atomic E-state index is 0.121. The van der Waals surface area contributed by atoms with Gasteiger partial charge in [0.1, 0.15) is 0 Å². The third-order valence-corrected chi connectivity index (χ3v) is 4.42. The number of carbonyl (C=O) groups is 1. The Kier molecular flexibility index (Phi) is 4.56. The second kappa shape index (κ2) is 6.58. The molecule has 0 aromatic heterocycles. The molecule has 1 amide bonds. The molecule has 1 aromatic rings. The number of nitrogens with zero attached hydrogens (tertiary/aromatic N) is 1. The molecular weight excluding hydrogens is 264 g/mol. The van der Waals surface area contributed by atoms with Crippen LogP contribution < -0.4 is 10.2 Å². The molecule has 0 saturated carbocycles. The monoisotopic (exact) mass is 288 g/mol. The quantitative estimate of drug-likeness (QED) is 0.926. The smallest absolute Gasteiger partial charge is 0.229 e. The van der Waals surface area contributed by atoms with Gasteiger partial charge in [-0.05, 0) is 37.4 Å². The van der Waals surface area contributed by atoms with Gasteiger partial charge in [-0.3, -0.25) is 4.79 Å². The van der Waals surface area contributed by atoms with E-state index in [4.69, 9.17) is 4.74 Å². The summed E-state index contributed by atoms with van der Waals surface area (Å²) in [6.07, 6.45) is 3.71. The van der Waals surface area contributed by atoms with Crippen molar-refractivity contribution < 1.29 is 9.53 Å². The lowest BCUT2D eigenvalue weighted by Gasteiger charge is -2.35. The molecule has 2 heterocycles. The van der Waals surface area contributed by atoms with Gasteiger partial charge in [-0.2, -0.15) is 0 Å². The molecule has 1 aromatic carbocycles. The summed E-state index contributed by atoms with van der Waals surface area (Å²) in [4.78, 5) is 14.6. The molecule has 1 saturated heterocycles. The van der Waals surface area contributed by atoms with Crippen molar-refractivity contribution in [1.82, 2.24) is 5.32 Å². The minimum Gasteiger partial charge on any atom is -0.378 e. The lowest BCUT2D eigenvalue weighted by molar-refractivity contribution is -0.120. The Bertz CT molecular complexity index is 497. The van der Waals surface area contributed by atoms with Gasteiger partial charge in [-0.15, -0.1) is 0 Å². The van der Waals surface area contributed by atoms with E-state index in [9.17, 15) is 4.79 Å². The topological polar surface area (TPSA) is 41.6 Å². The molecule has 0 aliphatic carbocycles. The van der Waals surface area contributed by atoms with Crippen LogP contribution in [0.4, 0.5) is 5.69 Å². The maximum absolute atomic E-state index is 12.6. The largest absolute Gasteiger partial charge is 0.378 e. The predicted octanol–water partition coefficient (Wildman–Crippen LogP) is 2.64. The van der Waals surface area contributed by atoms with Crippen molar-refractivity contribution in [3.05, 3.63) is 29.8 Å². The number of anilines is 1. The van der Waals surface area contributed by atoms with Crippen molar-refractivity contribution >= 4 is 11.6 Å². The summed E-state index contributed by atoms with van der Waals surface area (Å²) in [6.45, 7) is 4.66. The second-order valence-electron chi connectivity index (χ2n) is 5.84. The number of hydrogen-bond acceptors (Lipinski definition) is 3. The standard InChI is InChI=1S/C17H24N2O2/c1-2-18-15-9-10-19(16-8-4-3-7-14(15)16)17(20)12-13-6-5-11-21-13/h3-4,7-8,13,15,18H,2,5-6,9-12H2,1H3. The van der Waals surface area contributed by atoms with Gasteiger partial charge in [-0.1, -0.05) is 25.1 Å². The fourth-order valence-corrected chi connectivity index (χ4v) is 3.39. The van der Waals surface area contributed by atoms with Crippen LogP contribution in [0.3, 0.4) is 0 Å². The van der Waals surface area contributed by atoms with E-state index in [-0.39, 0.29) is 12.0 Å². The van der Waals surface area contributed by atoms with Crippen molar-refractivity contribution in [2.45, 2.75) is 44.8 Å². The molecule has 21 heavy (non-hydrogen) atoms. The van der Waals surface area contributed by atoms with Crippen LogP contribution in [0.25, 0.3) is 0 Å². The van der Waals surface area contributed by atoms with Crippen LogP contribution in [0.2, 0.25) is 0 Å². The Morgan fingerprint density at radius 2 is 2.24 bits per heavy atom. The maximum atomic E-state index is 12.6. The highest BCUT2D eigenvalue weighted by atomic mass is 16.5. The first kappa shape index (κ1) is 14.5. The highest BCUT2D eigenvalue weighted by Crippen LogP contribution is 2.34. The normalized spacial score (nSPS) is 24.9. The number of rotatable bonds is 4. The van der Waals surface area contributed by atoms with Crippen LogP contribution >= 0.6 is 0 Å². The summed E-state index contributed by atoms with van der Waals surface area (Å²) >= 11 is 0. The molecule has 2 atom stereocenters. The summed E-state index contributed by atoms with van der Waals surface area (Å²) in [5.41, 5.74) is 2.31. The van der Waals surface area contributed by atoms with E-state index >= 15 is 0 Å². The highest BCUT2D eigenvalue weighted by Gasteiger charge is 2.29. The lowest BCUT2D eigenvalue weighted by Crippen LogP contribution is -2.40. The number of ether oxygens (including phenoxy) is 1. The molecule has 2 aliphatic rings. The van der Waals surface area contributed by atoms with Crippen molar-refractivity contribution in [1.29, 1.82) is 0 Å². The molecule has 1 fully saturated rings. The first-order valence-electron chi connectivity index (χ1n) is 8.04. The van der Waals surface area contributed by atoms with Crippen LogP contribution in [-0.4, -0.2) is 31.7 Å². The van der Waals surface area contributed by atoms with Gasteiger partial charge in [0.15, 0.2) is 0 Å². The Labute approximate surface area is 126 Å². The third-order valence-electron chi connectivity index (χ3n) is 4.42. The minimum absolute atomic E-state index is 0.121. The summed E-state index contributed by atoms with van der Waals surface area (Å²) in [5.74, 6) is 0.198. The summed E-state index contributed by atoms with van der Waals surface area (Å²) in [6, 6.07) is 8.62. The lowest BCUT2D eigenvalue weighted by atomic mass is 9.95. The van der Waals surface area contributed by atoms with Gasteiger partial charge in [0, 0.05) is 24.9 Å². The van der Waals surface area contributed by atoms with Gasteiger partial charge in [0.05, 0.1) is 12.5 Å². The first-order valence-corrected chi connectivity index (χ1v) is 8.04. The Morgan fingerprint density at radius 3 is 3.00 bits per heavy atom. The number of carbonyl (C=O) groups excluding carboxylic acids is 1. The molecule has 2 unspecified atom stereocenters. The van der Waals surface area contributed by atoms with Gasteiger partial charge < -0.3 is 15.0 Å². The van der Waals surface area contributed by atoms with E-state index in [1.165, 1.54) is 5.56 Å². The molecular formula is C17H24N2O2. The van der Waals surface area contributed by atoms with Crippen molar-refractivity contribution in [3.63, 3.8) is 0 Å². The summed E-state index contributed by atoms with van der Waals surface area (Å²) in [5, 5.41) is 3.51. The van der Waals surface area contributed by atoms with E-state index in [0.29, 0.717) is 12.5 Å². The van der Waals surface area contributed by atoms with Crippen LogP contribution in [0.15, 0.2) is 24.3 Å². The van der Waals surface area contributed by atoms with Crippen LogP contribution in [-0.2, 0) is 9.53 Å². The molecule has 4 heteroatoms. The average Bonchev–Trinajstić information content (AvgIpc) is 3.00. The predicted molar refractivity (Wildman–Crippen MR) is 83.4 cm³/mol. The average molecular weight is 288 g/mol. The number of benzene rings is 1. The number of hydrogen-bond donors (Lipinski definition) is 1. The zero-order valence-electron chi connectivity index (χ0n) is 12.7. The van der Waals surface area contributed by atoms with Crippen LogP contribution in [0.1, 0.15) is 44.2 Å². The highest BCUT2D eigenvalue weighted by molar-refractivity contribution is 5.95. The van der Waals surface area contributed by atoms with Crippen molar-refractivity contribution in [2.75, 3.05) is 24.6 Å². The molecule has 3 rings (SSSR count). The van der Waals surface area contributed by atoms with Crippen LogP contribution in [0.5, 0.6) is 0 Å². The van der Waals surface area contributed by atoms with Crippen molar-refractivity contribution in [2.24, 2.45) is 0 Å². The first-order chi connectivity index (χ1) is 10.3. The number of nitrogens with one attached hydrogen (secondary N) is 1. The van der Waals surface area contributed by atoms with Crippen molar-refractivity contribution in [3.8, 4) is 0 Å². The Balaban J connectivity index is 1.76. The number of amides is 1. The van der Waals surface area contributed by atoms with Gasteiger partial charge >= 0.3 is 0 Å². The molecule has 2 aliphatic heterocycles. The van der Waals surface area contributed by atoms with E-state index < -0.39 is 0 Å². The maximum Gasteiger partial charge on any atom is 0.229 e. The van der Waals surface area contributed by atoms with Gasteiger partial charge in [0.25, 0.3) is 0 Å².